The number of halogens is 1. The fourth-order valence-corrected chi connectivity index (χ4v) is 6.56. The third kappa shape index (κ3) is 8.96. The zero-order valence-electron chi connectivity index (χ0n) is 25.9. The van der Waals surface area contributed by atoms with E-state index in [4.69, 9.17) is 11.6 Å². The number of anilines is 1. The molecule has 4 aromatic rings. The van der Waals surface area contributed by atoms with Crippen LogP contribution in [-0.2, 0) is 32.6 Å². The summed E-state index contributed by atoms with van der Waals surface area (Å²) in [7, 11) is -4.16. The predicted molar refractivity (Wildman–Crippen MR) is 181 cm³/mol. The van der Waals surface area contributed by atoms with Crippen molar-refractivity contribution in [2.75, 3.05) is 17.4 Å². The Labute approximate surface area is 271 Å². The van der Waals surface area contributed by atoms with Gasteiger partial charge in [0.25, 0.3) is 10.0 Å². The molecule has 0 aromatic heterocycles. The summed E-state index contributed by atoms with van der Waals surface area (Å²) in [6.45, 7) is 5.79. The van der Waals surface area contributed by atoms with Crippen LogP contribution < -0.4 is 9.62 Å². The molecule has 0 saturated heterocycles. The molecule has 0 bridgehead atoms. The van der Waals surface area contributed by atoms with E-state index in [1.807, 2.05) is 57.2 Å². The van der Waals surface area contributed by atoms with Gasteiger partial charge in [0.1, 0.15) is 12.6 Å². The second-order valence-electron chi connectivity index (χ2n) is 11.1. The molecular formula is C36H40ClN3O4S. The maximum Gasteiger partial charge on any atom is 0.264 e. The van der Waals surface area contributed by atoms with Crippen molar-refractivity contribution < 1.29 is 18.0 Å². The molecule has 1 atom stereocenters. The average molecular weight is 646 g/mol. The predicted octanol–water partition coefficient (Wildman–Crippen LogP) is 6.71. The second-order valence-corrected chi connectivity index (χ2v) is 13.4. The summed E-state index contributed by atoms with van der Waals surface area (Å²) >= 11 is 6.56. The van der Waals surface area contributed by atoms with Gasteiger partial charge in [0, 0.05) is 24.5 Å². The maximum absolute atomic E-state index is 14.5. The van der Waals surface area contributed by atoms with Gasteiger partial charge in [0.05, 0.1) is 10.6 Å². The van der Waals surface area contributed by atoms with Crippen LogP contribution in [0.15, 0.2) is 108 Å². The van der Waals surface area contributed by atoms with Crippen LogP contribution in [0.4, 0.5) is 5.69 Å². The smallest absolute Gasteiger partial charge is 0.264 e. The topological polar surface area (TPSA) is 86.8 Å². The van der Waals surface area contributed by atoms with Crippen LogP contribution in [0.5, 0.6) is 0 Å². The minimum atomic E-state index is -4.16. The highest BCUT2D eigenvalue weighted by Gasteiger charge is 2.34. The summed E-state index contributed by atoms with van der Waals surface area (Å²) in [4.78, 5) is 29.8. The standard InChI is InChI=1S/C36H40ClN3O4S/c1-4-5-23-38-36(42)34(24-29-11-7-6-8-12-29)39(25-30-13-9-10-14-33(30)37)35(41)26-40(31-19-15-27(2)16-20-31)45(43,44)32-21-17-28(3)18-22-32/h6-22,34H,4-5,23-26H2,1-3H3,(H,38,42). The van der Waals surface area contributed by atoms with Gasteiger partial charge in [-0.3, -0.25) is 13.9 Å². The number of nitrogens with zero attached hydrogens (tertiary/aromatic N) is 2. The first kappa shape index (κ1) is 33.7. The fraction of sp³-hybridized carbons (Fsp3) is 0.278. The lowest BCUT2D eigenvalue weighted by Gasteiger charge is -2.34. The van der Waals surface area contributed by atoms with Gasteiger partial charge in [0.2, 0.25) is 11.8 Å². The second kappa shape index (κ2) is 15.7. The molecule has 2 amide bonds. The number of sulfonamides is 1. The Morgan fingerprint density at radius 3 is 2.04 bits per heavy atom. The van der Waals surface area contributed by atoms with Crippen molar-refractivity contribution in [1.82, 2.24) is 10.2 Å². The molecule has 0 aliphatic heterocycles. The fourth-order valence-electron chi connectivity index (χ4n) is 4.95. The van der Waals surface area contributed by atoms with Crippen LogP contribution in [0.1, 0.15) is 42.0 Å². The van der Waals surface area contributed by atoms with E-state index in [0.717, 1.165) is 33.8 Å². The van der Waals surface area contributed by atoms with Crippen molar-refractivity contribution in [1.29, 1.82) is 0 Å². The molecule has 0 heterocycles. The van der Waals surface area contributed by atoms with Gasteiger partial charge >= 0.3 is 0 Å². The van der Waals surface area contributed by atoms with Crippen molar-refractivity contribution in [3.63, 3.8) is 0 Å². The molecule has 9 heteroatoms. The molecule has 0 aliphatic rings. The third-order valence-corrected chi connectivity index (χ3v) is 9.77. The molecule has 0 spiro atoms. The van der Waals surface area contributed by atoms with Gasteiger partial charge in [-0.15, -0.1) is 0 Å². The Morgan fingerprint density at radius 1 is 0.822 bits per heavy atom. The number of aryl methyl sites for hydroxylation is 2. The zero-order chi connectivity index (χ0) is 32.4. The van der Waals surface area contributed by atoms with Crippen molar-refractivity contribution in [2.24, 2.45) is 0 Å². The molecule has 0 radical (unpaired) electrons. The minimum absolute atomic E-state index is 0.0174. The molecule has 0 fully saturated rings. The molecule has 0 saturated carbocycles. The van der Waals surface area contributed by atoms with Gasteiger partial charge in [-0.05, 0) is 61.7 Å². The lowest BCUT2D eigenvalue weighted by atomic mass is 10.0. The summed E-state index contributed by atoms with van der Waals surface area (Å²) < 4.78 is 29.4. The molecule has 7 nitrogen and oxygen atoms in total. The lowest BCUT2D eigenvalue weighted by molar-refractivity contribution is -0.140. The van der Waals surface area contributed by atoms with E-state index in [-0.39, 0.29) is 23.8 Å². The van der Waals surface area contributed by atoms with E-state index < -0.39 is 28.5 Å². The Morgan fingerprint density at radius 2 is 1.42 bits per heavy atom. The highest BCUT2D eigenvalue weighted by atomic mass is 35.5. The first-order valence-electron chi connectivity index (χ1n) is 15.1. The lowest BCUT2D eigenvalue weighted by Crippen LogP contribution is -2.53. The zero-order valence-corrected chi connectivity index (χ0v) is 27.5. The summed E-state index contributed by atoms with van der Waals surface area (Å²) in [5.74, 6) is -0.839. The molecule has 1 N–H and O–H groups in total. The van der Waals surface area contributed by atoms with E-state index in [1.54, 1.807) is 54.6 Å². The molecular weight excluding hydrogens is 606 g/mol. The maximum atomic E-state index is 14.5. The first-order chi connectivity index (χ1) is 21.6. The van der Waals surface area contributed by atoms with E-state index in [9.17, 15) is 18.0 Å². The van der Waals surface area contributed by atoms with Crippen LogP contribution in [0.2, 0.25) is 5.02 Å². The van der Waals surface area contributed by atoms with Gasteiger partial charge < -0.3 is 10.2 Å². The Hall–Kier alpha value is -4.14. The van der Waals surface area contributed by atoms with Crippen LogP contribution in [-0.4, -0.2) is 44.3 Å². The number of unbranched alkanes of at least 4 members (excludes halogenated alkanes) is 1. The van der Waals surface area contributed by atoms with Crippen molar-refractivity contribution in [3.05, 3.63) is 130 Å². The summed E-state index contributed by atoms with van der Waals surface area (Å²) in [5, 5.41) is 3.44. The van der Waals surface area contributed by atoms with E-state index in [1.165, 1.54) is 17.0 Å². The highest BCUT2D eigenvalue weighted by molar-refractivity contribution is 7.92. The normalized spacial score (nSPS) is 11.9. The molecule has 236 valence electrons. The monoisotopic (exact) mass is 645 g/mol. The summed E-state index contributed by atoms with van der Waals surface area (Å²) in [6, 6.07) is 29.2. The summed E-state index contributed by atoms with van der Waals surface area (Å²) in [6.07, 6.45) is 1.93. The first-order valence-corrected chi connectivity index (χ1v) is 16.9. The van der Waals surface area contributed by atoms with Crippen LogP contribution in [0, 0.1) is 13.8 Å². The van der Waals surface area contributed by atoms with Crippen molar-refractivity contribution >= 4 is 39.1 Å². The van der Waals surface area contributed by atoms with Gasteiger partial charge in [-0.1, -0.05) is 109 Å². The largest absolute Gasteiger partial charge is 0.354 e. The summed E-state index contributed by atoms with van der Waals surface area (Å²) in [5.41, 5.74) is 3.72. The van der Waals surface area contributed by atoms with Crippen LogP contribution >= 0.6 is 11.6 Å². The molecule has 4 aromatic carbocycles. The average Bonchev–Trinajstić information content (AvgIpc) is 3.03. The SMILES string of the molecule is CCCCNC(=O)C(Cc1ccccc1)N(Cc1ccccc1Cl)C(=O)CN(c1ccc(C)cc1)S(=O)(=O)c1ccc(C)cc1. The third-order valence-electron chi connectivity index (χ3n) is 7.61. The van der Waals surface area contributed by atoms with Crippen LogP contribution in [0.3, 0.4) is 0 Å². The molecule has 1 unspecified atom stereocenters. The van der Waals surface area contributed by atoms with Gasteiger partial charge in [-0.25, -0.2) is 8.42 Å². The van der Waals surface area contributed by atoms with Gasteiger partial charge in [0.15, 0.2) is 0 Å². The Balaban J connectivity index is 1.79. The molecule has 0 aliphatic carbocycles. The van der Waals surface area contributed by atoms with Crippen molar-refractivity contribution in [3.8, 4) is 0 Å². The number of hydrogen-bond acceptors (Lipinski definition) is 4. The number of hydrogen-bond donors (Lipinski definition) is 1. The molecule has 4 rings (SSSR count). The van der Waals surface area contributed by atoms with E-state index >= 15 is 0 Å². The molecule has 45 heavy (non-hydrogen) atoms. The van der Waals surface area contributed by atoms with Crippen molar-refractivity contribution in [2.45, 2.75) is 57.5 Å². The number of carbonyl (C=O) groups is 2. The van der Waals surface area contributed by atoms with Gasteiger partial charge in [-0.2, -0.15) is 0 Å². The number of carbonyl (C=O) groups excluding carboxylic acids is 2. The number of rotatable bonds is 14. The Kier molecular flexibility index (Phi) is 11.8. The van der Waals surface area contributed by atoms with E-state index in [2.05, 4.69) is 5.32 Å². The highest BCUT2D eigenvalue weighted by Crippen LogP contribution is 2.26. The number of nitrogens with one attached hydrogen (secondary N) is 1. The Bertz CT molecular complexity index is 1680. The quantitative estimate of drug-likeness (QED) is 0.155. The number of benzene rings is 4. The van der Waals surface area contributed by atoms with Crippen LogP contribution in [0.25, 0.3) is 0 Å². The number of amides is 2. The van der Waals surface area contributed by atoms with E-state index in [0.29, 0.717) is 22.8 Å². The minimum Gasteiger partial charge on any atom is -0.354 e.